The number of carbonyl (C=O) groups is 1. The summed E-state index contributed by atoms with van der Waals surface area (Å²) in [5, 5.41) is 6.94. The molecule has 1 heterocycles. The highest BCUT2D eigenvalue weighted by molar-refractivity contribution is 5.95. The van der Waals surface area contributed by atoms with Crippen LogP contribution in [0.5, 0.6) is 0 Å². The fourth-order valence-electron chi connectivity index (χ4n) is 1.79. The molecule has 72 valence electrons. The second kappa shape index (κ2) is 3.25. The van der Waals surface area contributed by atoms with Crippen molar-refractivity contribution in [1.82, 2.24) is 10.2 Å². The molecule has 0 spiro atoms. The predicted octanol–water partition coefficient (Wildman–Crippen LogP) is 2.13. The monoisotopic (exact) mass is 188 g/mol. The van der Waals surface area contributed by atoms with E-state index in [1.165, 1.54) is 0 Å². The maximum Gasteiger partial charge on any atom is 0.177 e. The van der Waals surface area contributed by atoms with Crippen molar-refractivity contribution < 1.29 is 4.79 Å². The molecule has 3 heteroatoms. The van der Waals surface area contributed by atoms with Gasteiger partial charge in [-0.3, -0.25) is 9.89 Å². The lowest BCUT2D eigenvalue weighted by Gasteiger charge is -2.09. The summed E-state index contributed by atoms with van der Waals surface area (Å²) in [4.78, 5) is 11.3. The van der Waals surface area contributed by atoms with Crippen LogP contribution in [0.2, 0.25) is 0 Å². The minimum atomic E-state index is 0.0454. The molecule has 2 rings (SSSR count). The number of hydrogen-bond donors (Lipinski definition) is 1. The molecule has 0 amide bonds. The van der Waals surface area contributed by atoms with Gasteiger partial charge in [0.1, 0.15) is 5.69 Å². The summed E-state index contributed by atoms with van der Waals surface area (Å²) in [6, 6.07) is 0. The van der Waals surface area contributed by atoms with E-state index < -0.39 is 0 Å². The van der Waals surface area contributed by atoms with Crippen molar-refractivity contribution in [2.24, 2.45) is 0 Å². The minimum absolute atomic E-state index is 0.0454. The topological polar surface area (TPSA) is 45.8 Å². The lowest BCUT2D eigenvalue weighted by molar-refractivity contribution is 0.101. The number of aromatic nitrogens is 2. The third kappa shape index (κ3) is 1.21. The third-order valence-corrected chi connectivity index (χ3v) is 2.47. The van der Waals surface area contributed by atoms with Crippen LogP contribution in [0.4, 0.5) is 0 Å². The average Bonchev–Trinajstić information content (AvgIpc) is 2.60. The van der Waals surface area contributed by atoms with Crippen LogP contribution in [-0.2, 0) is 6.42 Å². The molecule has 0 atom stereocenters. The molecule has 0 fully saturated rings. The number of Topliss-reactive ketones (excluding diaryl/α,β-unsaturated/α-hetero) is 1. The first-order valence-corrected chi connectivity index (χ1v) is 4.65. The van der Waals surface area contributed by atoms with E-state index >= 15 is 0 Å². The van der Waals surface area contributed by atoms with Gasteiger partial charge < -0.3 is 0 Å². The Labute approximate surface area is 82.5 Å². The van der Waals surface area contributed by atoms with Crippen molar-refractivity contribution in [3.63, 3.8) is 0 Å². The van der Waals surface area contributed by atoms with Gasteiger partial charge in [-0.25, -0.2) is 0 Å². The highest BCUT2D eigenvalue weighted by Gasteiger charge is 2.19. The van der Waals surface area contributed by atoms with Crippen molar-refractivity contribution in [3.8, 4) is 0 Å². The van der Waals surface area contributed by atoms with Crippen LogP contribution in [-0.4, -0.2) is 16.0 Å². The van der Waals surface area contributed by atoms with E-state index in [1.807, 2.05) is 0 Å². The third-order valence-electron chi connectivity index (χ3n) is 2.47. The standard InChI is InChI=1S/C11H12N2O/c1-3-8-5-4-6-9-10(7(2)14)12-13-11(8)9/h3,5H,1,4,6H2,2H3,(H,12,13). The van der Waals surface area contributed by atoms with Crippen molar-refractivity contribution >= 4 is 11.4 Å². The van der Waals surface area contributed by atoms with Gasteiger partial charge in [-0.05, 0) is 18.4 Å². The van der Waals surface area contributed by atoms with Gasteiger partial charge in [0, 0.05) is 12.5 Å². The molecule has 1 aromatic heterocycles. The Morgan fingerprint density at radius 3 is 3.14 bits per heavy atom. The van der Waals surface area contributed by atoms with Crippen LogP contribution in [0.3, 0.4) is 0 Å². The first kappa shape index (κ1) is 8.94. The zero-order valence-electron chi connectivity index (χ0n) is 8.13. The number of nitrogens with zero attached hydrogens (tertiary/aromatic N) is 1. The van der Waals surface area contributed by atoms with Gasteiger partial charge >= 0.3 is 0 Å². The number of hydrogen-bond acceptors (Lipinski definition) is 2. The van der Waals surface area contributed by atoms with Crippen LogP contribution >= 0.6 is 0 Å². The second-order valence-corrected chi connectivity index (χ2v) is 3.38. The molecule has 3 nitrogen and oxygen atoms in total. The molecule has 1 aromatic rings. The largest absolute Gasteiger partial charge is 0.293 e. The Balaban J connectivity index is 2.55. The summed E-state index contributed by atoms with van der Waals surface area (Å²) < 4.78 is 0. The van der Waals surface area contributed by atoms with E-state index in [0.717, 1.165) is 29.7 Å². The number of nitrogens with one attached hydrogen (secondary N) is 1. The van der Waals surface area contributed by atoms with E-state index in [9.17, 15) is 4.79 Å². The Kier molecular flexibility index (Phi) is 2.08. The number of rotatable bonds is 2. The smallest absolute Gasteiger partial charge is 0.177 e. The quantitative estimate of drug-likeness (QED) is 0.722. The van der Waals surface area contributed by atoms with Crippen molar-refractivity contribution in [3.05, 3.63) is 35.7 Å². The number of allylic oxidation sites excluding steroid dienone is 3. The Morgan fingerprint density at radius 2 is 2.50 bits per heavy atom. The molecular weight excluding hydrogens is 176 g/mol. The van der Waals surface area contributed by atoms with Crippen LogP contribution in [0.25, 0.3) is 5.57 Å². The van der Waals surface area contributed by atoms with Crippen LogP contribution in [0.15, 0.2) is 18.7 Å². The highest BCUT2D eigenvalue weighted by Crippen LogP contribution is 2.27. The van der Waals surface area contributed by atoms with Crippen molar-refractivity contribution in [1.29, 1.82) is 0 Å². The summed E-state index contributed by atoms with van der Waals surface area (Å²) in [6.45, 7) is 5.29. The van der Waals surface area contributed by atoms with Gasteiger partial charge in [0.2, 0.25) is 0 Å². The number of carbonyl (C=O) groups excluding carboxylic acids is 1. The van der Waals surface area contributed by atoms with Gasteiger partial charge in [0.25, 0.3) is 0 Å². The van der Waals surface area contributed by atoms with Crippen molar-refractivity contribution in [2.45, 2.75) is 19.8 Å². The lowest BCUT2D eigenvalue weighted by Crippen LogP contribution is -2.02. The predicted molar refractivity (Wildman–Crippen MR) is 55.1 cm³/mol. The molecule has 1 aliphatic rings. The molecule has 0 aliphatic heterocycles. The maximum atomic E-state index is 11.3. The summed E-state index contributed by atoms with van der Waals surface area (Å²) >= 11 is 0. The molecule has 0 unspecified atom stereocenters. The molecule has 0 saturated carbocycles. The molecule has 14 heavy (non-hydrogen) atoms. The second-order valence-electron chi connectivity index (χ2n) is 3.38. The zero-order valence-corrected chi connectivity index (χ0v) is 8.13. The Bertz CT molecular complexity index is 426. The van der Waals surface area contributed by atoms with Crippen LogP contribution in [0, 0.1) is 0 Å². The van der Waals surface area contributed by atoms with Crippen molar-refractivity contribution in [2.75, 3.05) is 0 Å². The summed E-state index contributed by atoms with van der Waals surface area (Å²) in [5.74, 6) is 0.0454. The van der Waals surface area contributed by atoms with E-state index in [0.29, 0.717) is 5.69 Å². The van der Waals surface area contributed by atoms with Gasteiger partial charge in [-0.15, -0.1) is 0 Å². The van der Waals surface area contributed by atoms with E-state index in [2.05, 4.69) is 22.9 Å². The van der Waals surface area contributed by atoms with Crippen LogP contribution < -0.4 is 0 Å². The Morgan fingerprint density at radius 1 is 1.71 bits per heavy atom. The molecule has 1 aliphatic carbocycles. The van der Waals surface area contributed by atoms with E-state index in [-0.39, 0.29) is 5.78 Å². The summed E-state index contributed by atoms with van der Waals surface area (Å²) in [7, 11) is 0. The summed E-state index contributed by atoms with van der Waals surface area (Å²) in [5.41, 5.74) is 3.59. The van der Waals surface area contributed by atoms with Gasteiger partial charge in [0.05, 0.1) is 5.69 Å². The lowest BCUT2D eigenvalue weighted by atomic mass is 9.94. The Hall–Kier alpha value is -1.64. The van der Waals surface area contributed by atoms with Gasteiger partial charge in [0.15, 0.2) is 5.78 Å². The number of ketones is 1. The van der Waals surface area contributed by atoms with Gasteiger partial charge in [-0.2, -0.15) is 5.10 Å². The molecular formula is C11H12N2O. The van der Waals surface area contributed by atoms with Crippen LogP contribution in [0.1, 0.15) is 35.1 Å². The highest BCUT2D eigenvalue weighted by atomic mass is 16.1. The number of fused-ring (bicyclic) bond motifs is 1. The molecule has 1 N–H and O–H groups in total. The fourth-order valence-corrected chi connectivity index (χ4v) is 1.79. The molecule has 0 aromatic carbocycles. The number of aromatic amines is 1. The fraction of sp³-hybridized carbons (Fsp3) is 0.273. The molecule has 0 saturated heterocycles. The van der Waals surface area contributed by atoms with E-state index in [4.69, 9.17) is 0 Å². The normalized spacial score (nSPS) is 14.5. The zero-order chi connectivity index (χ0) is 10.1. The van der Waals surface area contributed by atoms with E-state index in [1.54, 1.807) is 13.0 Å². The molecule has 0 bridgehead atoms. The van der Waals surface area contributed by atoms with Gasteiger partial charge in [-0.1, -0.05) is 18.7 Å². The molecule has 0 radical (unpaired) electrons. The first-order valence-electron chi connectivity index (χ1n) is 4.65. The average molecular weight is 188 g/mol. The SMILES string of the molecule is C=CC1=CCCc2c1n[nH]c2C(C)=O. The minimum Gasteiger partial charge on any atom is -0.293 e. The maximum absolute atomic E-state index is 11.3. The number of H-pyrrole nitrogens is 1. The first-order chi connectivity index (χ1) is 6.74. The summed E-state index contributed by atoms with van der Waals surface area (Å²) in [6.07, 6.45) is 5.72.